The van der Waals surface area contributed by atoms with Gasteiger partial charge in [0.15, 0.2) is 0 Å². The van der Waals surface area contributed by atoms with E-state index >= 15 is 0 Å². The van der Waals surface area contributed by atoms with Crippen LogP contribution in [0.3, 0.4) is 0 Å². The Morgan fingerprint density at radius 1 is 1.33 bits per heavy atom. The van der Waals surface area contributed by atoms with Gasteiger partial charge in [-0.2, -0.15) is 4.31 Å². The summed E-state index contributed by atoms with van der Waals surface area (Å²) in [4.78, 5) is 13.0. The monoisotopic (exact) mass is 253 g/mol. The lowest BCUT2D eigenvalue weighted by Gasteiger charge is -2.33. The van der Waals surface area contributed by atoms with Gasteiger partial charge in [0.2, 0.25) is 15.9 Å². The van der Waals surface area contributed by atoms with Crippen LogP contribution in [0.2, 0.25) is 0 Å². The highest BCUT2D eigenvalue weighted by molar-refractivity contribution is 7.88. The number of sulfonamides is 1. The number of nitrogens with zero attached hydrogens (tertiary/aromatic N) is 2. The van der Waals surface area contributed by atoms with Crippen molar-refractivity contribution in [3.05, 3.63) is 0 Å². The molecule has 0 aromatic rings. The maximum atomic E-state index is 11.4. The molecule has 0 spiro atoms. The number of amides is 1. The highest BCUT2D eigenvalue weighted by Crippen LogP contribution is 2.05. The molecule has 1 aliphatic rings. The molecule has 15 heavy (non-hydrogen) atoms. The molecule has 8 heteroatoms. The Hall–Kier alpha value is -0.310. The molecule has 6 nitrogen and oxygen atoms in total. The molecule has 0 aromatic heterocycles. The topological polar surface area (TPSA) is 69.7 Å². The first-order valence-electron chi connectivity index (χ1n) is 4.55. The van der Waals surface area contributed by atoms with E-state index in [1.165, 1.54) is 10.6 Å². The molecule has 1 rings (SSSR count). The lowest BCUT2D eigenvalue weighted by atomic mass is 10.3. The highest BCUT2D eigenvalue weighted by Gasteiger charge is 2.25. The van der Waals surface area contributed by atoms with E-state index in [0.29, 0.717) is 26.2 Å². The summed E-state index contributed by atoms with van der Waals surface area (Å²) >= 11 is 3.74. The van der Waals surface area contributed by atoms with Crippen LogP contribution in [0.5, 0.6) is 0 Å². The molecule has 0 saturated carbocycles. The maximum absolute atomic E-state index is 11.4. The minimum absolute atomic E-state index is 0.0573. The molecule has 1 fully saturated rings. The van der Waals surface area contributed by atoms with Crippen LogP contribution in [0.25, 0.3) is 0 Å². The predicted octanol–water partition coefficient (Wildman–Crippen LogP) is -1.48. The van der Waals surface area contributed by atoms with Gasteiger partial charge in [-0.3, -0.25) is 9.52 Å². The van der Waals surface area contributed by atoms with Crippen molar-refractivity contribution in [3.63, 3.8) is 0 Å². The first-order valence-corrected chi connectivity index (χ1v) is 6.84. The smallest absolute Gasteiger partial charge is 0.237 e. The van der Waals surface area contributed by atoms with Gasteiger partial charge < -0.3 is 4.90 Å². The summed E-state index contributed by atoms with van der Waals surface area (Å²) < 4.78 is 26.2. The molecule has 88 valence electrons. The number of hydrogen-bond donors (Lipinski definition) is 2. The molecule has 1 aliphatic heterocycles. The van der Waals surface area contributed by atoms with Crippen LogP contribution in [0.4, 0.5) is 0 Å². The van der Waals surface area contributed by atoms with E-state index in [1.54, 1.807) is 4.90 Å². The fraction of sp³-hybridized carbons (Fsp3) is 0.857. The molecule has 0 aliphatic carbocycles. The second kappa shape index (κ2) is 5.15. The van der Waals surface area contributed by atoms with E-state index in [-0.39, 0.29) is 12.5 Å². The van der Waals surface area contributed by atoms with Crippen molar-refractivity contribution >= 4 is 28.7 Å². The summed E-state index contributed by atoms with van der Waals surface area (Å²) in [5, 5.41) is 0. The largest absolute Gasteiger partial charge is 0.339 e. The normalized spacial score (nSPS) is 19.2. The number of carbonyl (C=O) groups excluding carboxylic acids is 1. The van der Waals surface area contributed by atoms with Gasteiger partial charge in [-0.15, -0.1) is 0 Å². The number of carbonyl (C=O) groups is 1. The lowest BCUT2D eigenvalue weighted by molar-refractivity contribution is -0.131. The minimum atomic E-state index is -3.12. The number of thiol groups is 1. The second-order valence-corrected chi connectivity index (χ2v) is 5.68. The van der Waals surface area contributed by atoms with Crippen LogP contribution >= 0.6 is 12.8 Å². The molecule has 1 saturated heterocycles. The Labute approximate surface area is 95.2 Å². The van der Waals surface area contributed by atoms with E-state index in [9.17, 15) is 13.2 Å². The number of hydrogen-bond acceptors (Lipinski definition) is 5. The van der Waals surface area contributed by atoms with Gasteiger partial charge in [-0.1, -0.05) is 12.8 Å². The van der Waals surface area contributed by atoms with Crippen molar-refractivity contribution in [1.29, 1.82) is 0 Å². The Morgan fingerprint density at radius 2 is 1.87 bits per heavy atom. The molecule has 0 unspecified atom stereocenters. The van der Waals surface area contributed by atoms with Gasteiger partial charge in [-0.25, -0.2) is 8.42 Å². The first kappa shape index (κ1) is 12.8. The van der Waals surface area contributed by atoms with Crippen molar-refractivity contribution in [2.75, 3.05) is 39.0 Å². The molecule has 0 radical (unpaired) electrons. The van der Waals surface area contributed by atoms with E-state index in [2.05, 4.69) is 17.5 Å². The maximum Gasteiger partial charge on any atom is 0.237 e. The first-order chi connectivity index (χ1) is 6.95. The molecular weight excluding hydrogens is 238 g/mol. The van der Waals surface area contributed by atoms with Gasteiger partial charge in [-0.05, 0) is 0 Å². The van der Waals surface area contributed by atoms with Gasteiger partial charge in [0, 0.05) is 26.2 Å². The van der Waals surface area contributed by atoms with Crippen molar-refractivity contribution in [1.82, 2.24) is 13.9 Å². The van der Waals surface area contributed by atoms with E-state index in [4.69, 9.17) is 0 Å². The number of piperazine rings is 1. The molecule has 0 aromatic carbocycles. The predicted molar refractivity (Wildman–Crippen MR) is 60.0 cm³/mol. The summed E-state index contributed by atoms with van der Waals surface area (Å²) in [6.07, 6.45) is 1.18. The van der Waals surface area contributed by atoms with Crippen molar-refractivity contribution in [3.8, 4) is 0 Å². The van der Waals surface area contributed by atoms with Gasteiger partial charge in [0.25, 0.3) is 0 Å². The van der Waals surface area contributed by atoms with Gasteiger partial charge in [0.05, 0.1) is 12.8 Å². The summed E-state index contributed by atoms with van der Waals surface area (Å²) in [6, 6.07) is 0. The average Bonchev–Trinajstić information content (AvgIpc) is 2.17. The Bertz CT molecular complexity index is 322. The number of nitrogens with one attached hydrogen (secondary N) is 1. The summed E-state index contributed by atoms with van der Waals surface area (Å²) in [5.74, 6) is -0.0573. The van der Waals surface area contributed by atoms with Crippen LogP contribution in [-0.2, 0) is 14.8 Å². The third-order valence-electron chi connectivity index (χ3n) is 2.29. The lowest BCUT2D eigenvalue weighted by Crippen LogP contribution is -2.51. The third kappa shape index (κ3) is 3.63. The fourth-order valence-electron chi connectivity index (χ4n) is 1.45. The van der Waals surface area contributed by atoms with Crippen molar-refractivity contribution < 1.29 is 13.2 Å². The van der Waals surface area contributed by atoms with E-state index in [0.717, 1.165) is 0 Å². The zero-order chi connectivity index (χ0) is 11.5. The van der Waals surface area contributed by atoms with Gasteiger partial charge >= 0.3 is 0 Å². The number of rotatable bonds is 3. The van der Waals surface area contributed by atoms with E-state index in [1.807, 2.05) is 0 Å². The zero-order valence-corrected chi connectivity index (χ0v) is 10.2. The molecule has 0 atom stereocenters. The SMILES string of the molecule is CS(=O)(=O)N1CCN(C(=O)CNS)CC1. The summed E-state index contributed by atoms with van der Waals surface area (Å²) in [7, 11) is -3.12. The molecule has 1 amide bonds. The standard InChI is InChI=1S/C7H15N3O3S2/c1-15(12,13)10-4-2-9(3-5-10)7(11)6-8-14/h8,14H,2-6H2,1H3. The van der Waals surface area contributed by atoms with Crippen LogP contribution in [0.15, 0.2) is 0 Å². The third-order valence-corrected chi connectivity index (χ3v) is 3.75. The van der Waals surface area contributed by atoms with Crippen LogP contribution in [-0.4, -0.2) is 62.5 Å². The average molecular weight is 253 g/mol. The molecule has 1 N–H and O–H groups in total. The molecule has 0 bridgehead atoms. The van der Waals surface area contributed by atoms with Gasteiger partial charge in [0.1, 0.15) is 0 Å². The highest BCUT2D eigenvalue weighted by atomic mass is 32.2. The Balaban J connectivity index is 2.46. The van der Waals surface area contributed by atoms with Crippen LogP contribution in [0, 0.1) is 0 Å². The van der Waals surface area contributed by atoms with E-state index < -0.39 is 10.0 Å². The Kier molecular flexibility index (Phi) is 4.38. The van der Waals surface area contributed by atoms with Crippen LogP contribution in [0.1, 0.15) is 0 Å². The minimum Gasteiger partial charge on any atom is -0.339 e. The summed E-state index contributed by atoms with van der Waals surface area (Å²) in [5.41, 5.74) is 0. The fourth-order valence-corrected chi connectivity index (χ4v) is 2.41. The van der Waals surface area contributed by atoms with Crippen LogP contribution < -0.4 is 4.72 Å². The quantitative estimate of drug-likeness (QED) is 0.602. The second-order valence-electron chi connectivity index (χ2n) is 3.38. The molecule has 1 heterocycles. The van der Waals surface area contributed by atoms with Crippen molar-refractivity contribution in [2.24, 2.45) is 0 Å². The van der Waals surface area contributed by atoms with Crippen molar-refractivity contribution in [2.45, 2.75) is 0 Å². The zero-order valence-electron chi connectivity index (χ0n) is 8.51. The molecular formula is C7H15N3O3S2. The Morgan fingerprint density at radius 3 is 2.27 bits per heavy atom. The summed E-state index contributed by atoms with van der Waals surface area (Å²) in [6.45, 7) is 1.80.